The molecule has 0 aliphatic heterocycles. The molecule has 2 N–H and O–H groups in total. The molecule has 0 aromatic heterocycles. The molecule has 0 saturated carbocycles. The molecule has 82 valence electrons. The number of carbonyl (C=O) groups excluding carboxylic acids is 1. The molecule has 6 nitrogen and oxygen atoms in total. The zero-order chi connectivity index (χ0) is 11.6. The highest BCUT2D eigenvalue weighted by Crippen LogP contribution is 1.85. The third kappa shape index (κ3) is 10.6. The van der Waals surface area contributed by atoms with Gasteiger partial charge in [0, 0.05) is 0 Å². The number of carbonyl (C=O) groups is 3. The van der Waals surface area contributed by atoms with Gasteiger partial charge in [-0.05, 0) is 0 Å². The van der Waals surface area contributed by atoms with Gasteiger partial charge in [0.2, 0.25) is 0 Å². The van der Waals surface area contributed by atoms with E-state index in [1.807, 2.05) is 13.8 Å². The highest BCUT2D eigenvalue weighted by Gasteiger charge is 2.11. The minimum atomic E-state index is -1.15. The molecule has 0 saturated heterocycles. The molecule has 6 heteroatoms. The lowest BCUT2D eigenvalue weighted by Gasteiger charge is -2.13. The Bertz CT molecular complexity index is 176. The van der Waals surface area contributed by atoms with Gasteiger partial charge in [0.05, 0.1) is 19.6 Å². The van der Waals surface area contributed by atoms with Crippen LogP contribution in [0, 0.1) is 0 Å². The Morgan fingerprint density at radius 1 is 1.14 bits per heavy atom. The SMILES string of the molecule is CC.O=CCN(CC(=O)O)CC(=O)O. The maximum atomic E-state index is 10.1. The monoisotopic (exact) mass is 205 g/mol. The minimum absolute atomic E-state index is 0.182. The second-order valence-corrected chi connectivity index (χ2v) is 2.12. The number of aldehydes is 1. The van der Waals surface area contributed by atoms with Crippen molar-refractivity contribution < 1.29 is 24.6 Å². The number of aliphatic carboxylic acids is 2. The standard InChI is InChI=1S/C6H9NO5.C2H6/c8-2-1-7(3-5(9)10)4-6(11)12;1-2/h2H,1,3-4H2,(H,9,10)(H,11,12);1-2H3. The molecular weight excluding hydrogens is 190 g/mol. The van der Waals surface area contributed by atoms with Crippen LogP contribution in [0.25, 0.3) is 0 Å². The fourth-order valence-electron chi connectivity index (χ4n) is 0.673. The summed E-state index contributed by atoms with van der Waals surface area (Å²) in [6.45, 7) is 2.94. The molecule has 0 atom stereocenters. The Morgan fingerprint density at radius 2 is 1.50 bits per heavy atom. The Morgan fingerprint density at radius 3 is 1.71 bits per heavy atom. The lowest BCUT2D eigenvalue weighted by Crippen LogP contribution is -2.35. The van der Waals surface area contributed by atoms with Gasteiger partial charge in [-0.25, -0.2) is 0 Å². The first-order valence-electron chi connectivity index (χ1n) is 4.16. The summed E-state index contributed by atoms with van der Waals surface area (Å²) in [4.78, 5) is 31.2. The van der Waals surface area contributed by atoms with Gasteiger partial charge in [0.15, 0.2) is 0 Å². The highest BCUT2D eigenvalue weighted by molar-refractivity contribution is 5.73. The molecule has 0 aliphatic rings. The molecule has 0 aliphatic carbocycles. The first-order valence-corrected chi connectivity index (χ1v) is 4.16. The Hall–Kier alpha value is -1.43. The quantitative estimate of drug-likeness (QED) is 0.577. The van der Waals surface area contributed by atoms with Crippen LogP contribution in [-0.2, 0) is 14.4 Å². The predicted octanol–water partition coefficient (Wildman–Crippen LogP) is -0.317. The van der Waals surface area contributed by atoms with Crippen LogP contribution in [0.4, 0.5) is 0 Å². The number of rotatable bonds is 6. The molecule has 0 amide bonds. The fourth-order valence-corrected chi connectivity index (χ4v) is 0.673. The van der Waals surface area contributed by atoms with Crippen molar-refractivity contribution in [1.82, 2.24) is 4.90 Å². The zero-order valence-corrected chi connectivity index (χ0v) is 8.27. The van der Waals surface area contributed by atoms with Crippen LogP contribution in [0.3, 0.4) is 0 Å². The van der Waals surface area contributed by atoms with E-state index in [2.05, 4.69) is 0 Å². The van der Waals surface area contributed by atoms with Gasteiger partial charge in [-0.3, -0.25) is 14.5 Å². The summed E-state index contributed by atoms with van der Waals surface area (Å²) in [5.41, 5.74) is 0. The normalized spacial score (nSPS) is 8.79. The van der Waals surface area contributed by atoms with Gasteiger partial charge in [-0.15, -0.1) is 0 Å². The van der Waals surface area contributed by atoms with Crippen molar-refractivity contribution in [2.24, 2.45) is 0 Å². The summed E-state index contributed by atoms with van der Waals surface area (Å²) in [7, 11) is 0. The second kappa shape index (κ2) is 9.66. The zero-order valence-electron chi connectivity index (χ0n) is 8.27. The van der Waals surface area contributed by atoms with Crippen molar-refractivity contribution in [1.29, 1.82) is 0 Å². The van der Waals surface area contributed by atoms with Crippen LogP contribution >= 0.6 is 0 Å². The van der Waals surface area contributed by atoms with Crippen molar-refractivity contribution in [3.8, 4) is 0 Å². The smallest absolute Gasteiger partial charge is 0.317 e. The molecule has 0 fully saturated rings. The summed E-state index contributed by atoms with van der Waals surface area (Å²) >= 11 is 0. The van der Waals surface area contributed by atoms with Crippen molar-refractivity contribution in [3.05, 3.63) is 0 Å². The molecule has 0 spiro atoms. The van der Waals surface area contributed by atoms with Crippen molar-refractivity contribution >= 4 is 18.2 Å². The molecule has 0 rings (SSSR count). The molecular formula is C8H15NO5. The lowest BCUT2D eigenvalue weighted by molar-refractivity contribution is -0.141. The molecule has 0 heterocycles. The van der Waals surface area contributed by atoms with Crippen LogP contribution < -0.4 is 0 Å². The first-order chi connectivity index (χ1) is 6.56. The molecule has 0 aromatic rings. The third-order valence-corrected chi connectivity index (χ3v) is 1.05. The number of carboxylic acid groups (broad SMARTS) is 2. The first kappa shape index (κ1) is 15.1. The number of nitrogens with zero attached hydrogens (tertiary/aromatic N) is 1. The third-order valence-electron chi connectivity index (χ3n) is 1.05. The fraction of sp³-hybridized carbons (Fsp3) is 0.625. The molecule has 0 aromatic carbocycles. The van der Waals surface area contributed by atoms with E-state index in [1.54, 1.807) is 0 Å². The van der Waals surface area contributed by atoms with E-state index in [4.69, 9.17) is 10.2 Å². The number of carboxylic acids is 2. The van der Waals surface area contributed by atoms with E-state index in [0.717, 1.165) is 4.90 Å². The van der Waals surface area contributed by atoms with Gasteiger partial charge in [-0.2, -0.15) is 0 Å². The van der Waals surface area contributed by atoms with Gasteiger partial charge in [0.25, 0.3) is 0 Å². The van der Waals surface area contributed by atoms with E-state index in [0.29, 0.717) is 6.29 Å². The summed E-state index contributed by atoms with van der Waals surface area (Å²) in [6, 6.07) is 0. The van der Waals surface area contributed by atoms with E-state index in [1.165, 1.54) is 0 Å². The summed E-state index contributed by atoms with van der Waals surface area (Å²) < 4.78 is 0. The number of hydrogen-bond acceptors (Lipinski definition) is 4. The summed E-state index contributed by atoms with van der Waals surface area (Å²) in [6.07, 6.45) is 0.464. The predicted molar refractivity (Wildman–Crippen MR) is 49.1 cm³/mol. The lowest BCUT2D eigenvalue weighted by atomic mass is 10.4. The van der Waals surface area contributed by atoms with Crippen LogP contribution in [0.15, 0.2) is 0 Å². The molecule has 14 heavy (non-hydrogen) atoms. The van der Waals surface area contributed by atoms with Gasteiger partial charge >= 0.3 is 11.9 Å². The molecule has 0 unspecified atom stereocenters. The van der Waals surface area contributed by atoms with Crippen LogP contribution in [0.2, 0.25) is 0 Å². The van der Waals surface area contributed by atoms with Crippen LogP contribution in [0.1, 0.15) is 13.8 Å². The van der Waals surface area contributed by atoms with Crippen molar-refractivity contribution in [2.75, 3.05) is 19.6 Å². The van der Waals surface area contributed by atoms with E-state index >= 15 is 0 Å². The Labute approximate surface area is 82.1 Å². The molecule has 0 radical (unpaired) electrons. The van der Waals surface area contributed by atoms with E-state index in [-0.39, 0.29) is 6.54 Å². The van der Waals surface area contributed by atoms with Gasteiger partial charge < -0.3 is 15.0 Å². The van der Waals surface area contributed by atoms with Gasteiger partial charge in [0.1, 0.15) is 6.29 Å². The summed E-state index contributed by atoms with van der Waals surface area (Å²) in [5, 5.41) is 16.5. The van der Waals surface area contributed by atoms with Gasteiger partial charge in [-0.1, -0.05) is 13.8 Å². The number of hydrogen-bond donors (Lipinski definition) is 2. The average Bonchev–Trinajstić information content (AvgIpc) is 2.06. The van der Waals surface area contributed by atoms with Crippen molar-refractivity contribution in [2.45, 2.75) is 13.8 Å². The van der Waals surface area contributed by atoms with E-state index < -0.39 is 25.0 Å². The molecule has 0 bridgehead atoms. The largest absolute Gasteiger partial charge is 0.480 e. The summed E-state index contributed by atoms with van der Waals surface area (Å²) in [5.74, 6) is -2.31. The Balaban J connectivity index is 0. The minimum Gasteiger partial charge on any atom is -0.480 e. The maximum Gasteiger partial charge on any atom is 0.317 e. The maximum absolute atomic E-state index is 10.1. The Kier molecular flexibility index (Phi) is 10.4. The topological polar surface area (TPSA) is 94.9 Å². The highest BCUT2D eigenvalue weighted by atomic mass is 16.4. The second-order valence-electron chi connectivity index (χ2n) is 2.12. The van der Waals surface area contributed by atoms with Crippen LogP contribution in [0.5, 0.6) is 0 Å². The van der Waals surface area contributed by atoms with Crippen LogP contribution in [-0.4, -0.2) is 53.0 Å². The van der Waals surface area contributed by atoms with Crippen molar-refractivity contribution in [3.63, 3.8) is 0 Å². The average molecular weight is 205 g/mol. The van der Waals surface area contributed by atoms with E-state index in [9.17, 15) is 14.4 Å².